The number of rotatable bonds is 4. The molecule has 0 saturated carbocycles. The molecular weight excluding hydrogens is 346 g/mol. The summed E-state index contributed by atoms with van der Waals surface area (Å²) in [5.41, 5.74) is 6.64. The van der Waals surface area contributed by atoms with E-state index in [1.165, 1.54) is 23.5 Å². The maximum Gasteiger partial charge on any atom is 0.243 e. The number of sulfonamides is 1. The molecule has 0 aliphatic rings. The molecule has 1 heterocycles. The van der Waals surface area contributed by atoms with Crippen molar-refractivity contribution in [2.75, 3.05) is 12.8 Å². The van der Waals surface area contributed by atoms with Crippen LogP contribution in [0.1, 0.15) is 11.5 Å². The Balaban J connectivity index is 2.27. The Labute approximate surface area is 125 Å². The average molecular weight is 360 g/mol. The lowest BCUT2D eigenvalue weighted by molar-refractivity contribution is 0.378. The van der Waals surface area contributed by atoms with Crippen molar-refractivity contribution >= 4 is 31.6 Å². The monoisotopic (exact) mass is 359 g/mol. The molecule has 8 heteroatoms. The van der Waals surface area contributed by atoms with Crippen LogP contribution >= 0.6 is 15.9 Å². The van der Waals surface area contributed by atoms with Gasteiger partial charge in [-0.15, -0.1) is 0 Å². The second-order valence-electron chi connectivity index (χ2n) is 4.37. The number of aromatic nitrogens is 1. The van der Waals surface area contributed by atoms with Crippen molar-refractivity contribution in [3.05, 3.63) is 40.2 Å². The highest BCUT2D eigenvalue weighted by Crippen LogP contribution is 2.25. The zero-order valence-electron chi connectivity index (χ0n) is 11.0. The predicted octanol–water partition coefficient (Wildman–Crippen LogP) is 2.15. The average Bonchev–Trinajstić information content (AvgIpc) is 2.78. The number of hydrogen-bond donors (Lipinski definition) is 1. The Kier molecular flexibility index (Phi) is 4.17. The van der Waals surface area contributed by atoms with Gasteiger partial charge in [-0.2, -0.15) is 4.31 Å². The number of nitrogens with zero attached hydrogens (tertiary/aromatic N) is 2. The number of aryl methyl sites for hydroxylation is 1. The standard InChI is InChI=1S/C12H14BrN3O3S/c1-8-5-9(15-19-8)7-16(2)20(17,18)10-3-4-11(13)12(14)6-10/h3-6H,7,14H2,1-2H3. The third-order valence-corrected chi connectivity index (χ3v) is 5.26. The van der Waals surface area contributed by atoms with Crippen LogP contribution in [0.3, 0.4) is 0 Å². The minimum Gasteiger partial charge on any atom is -0.398 e. The van der Waals surface area contributed by atoms with Gasteiger partial charge in [0.1, 0.15) is 5.76 Å². The molecule has 6 nitrogen and oxygen atoms in total. The van der Waals surface area contributed by atoms with Crippen LogP contribution in [0.15, 0.2) is 38.2 Å². The first-order valence-corrected chi connectivity index (χ1v) is 7.97. The van der Waals surface area contributed by atoms with Crippen molar-refractivity contribution in [2.24, 2.45) is 0 Å². The highest BCUT2D eigenvalue weighted by Gasteiger charge is 2.22. The van der Waals surface area contributed by atoms with E-state index in [1.54, 1.807) is 19.1 Å². The van der Waals surface area contributed by atoms with Gasteiger partial charge in [0.25, 0.3) is 0 Å². The lowest BCUT2D eigenvalue weighted by Gasteiger charge is -2.16. The maximum atomic E-state index is 12.4. The van der Waals surface area contributed by atoms with Crippen LogP contribution < -0.4 is 5.73 Å². The van der Waals surface area contributed by atoms with Gasteiger partial charge in [-0.1, -0.05) is 5.16 Å². The number of nitrogens with two attached hydrogens (primary N) is 1. The van der Waals surface area contributed by atoms with Crippen LogP contribution in [0.25, 0.3) is 0 Å². The van der Waals surface area contributed by atoms with Crippen LogP contribution in [0.2, 0.25) is 0 Å². The van der Waals surface area contributed by atoms with E-state index in [9.17, 15) is 8.42 Å². The number of anilines is 1. The molecule has 0 aliphatic heterocycles. The van der Waals surface area contributed by atoms with Gasteiger partial charge in [-0.3, -0.25) is 0 Å². The van der Waals surface area contributed by atoms with E-state index in [4.69, 9.17) is 10.3 Å². The van der Waals surface area contributed by atoms with Gasteiger partial charge in [0.2, 0.25) is 10.0 Å². The summed E-state index contributed by atoms with van der Waals surface area (Å²) in [6, 6.07) is 6.22. The van der Waals surface area contributed by atoms with E-state index in [0.717, 1.165) is 0 Å². The van der Waals surface area contributed by atoms with Crippen molar-refractivity contribution < 1.29 is 12.9 Å². The molecule has 2 N–H and O–H groups in total. The minimum absolute atomic E-state index is 0.135. The smallest absolute Gasteiger partial charge is 0.243 e. The largest absolute Gasteiger partial charge is 0.398 e. The summed E-state index contributed by atoms with van der Waals surface area (Å²) in [6.07, 6.45) is 0. The highest BCUT2D eigenvalue weighted by molar-refractivity contribution is 9.10. The third-order valence-electron chi connectivity index (χ3n) is 2.74. The lowest BCUT2D eigenvalue weighted by Crippen LogP contribution is -2.26. The second-order valence-corrected chi connectivity index (χ2v) is 7.27. The van der Waals surface area contributed by atoms with Gasteiger partial charge in [0, 0.05) is 23.3 Å². The molecule has 108 valence electrons. The number of benzene rings is 1. The molecule has 0 radical (unpaired) electrons. The van der Waals surface area contributed by atoms with E-state index in [1.807, 2.05) is 0 Å². The van der Waals surface area contributed by atoms with Gasteiger partial charge in [-0.05, 0) is 41.1 Å². The molecule has 0 aliphatic carbocycles. The van der Waals surface area contributed by atoms with Crippen LogP contribution in [0.5, 0.6) is 0 Å². The molecule has 2 rings (SSSR count). The molecule has 0 fully saturated rings. The Morgan fingerprint density at radius 2 is 2.10 bits per heavy atom. The fourth-order valence-electron chi connectivity index (χ4n) is 1.67. The van der Waals surface area contributed by atoms with Crippen LogP contribution in [-0.2, 0) is 16.6 Å². The summed E-state index contributed by atoms with van der Waals surface area (Å²) in [4.78, 5) is 0.140. The second kappa shape index (κ2) is 5.55. The molecular formula is C12H14BrN3O3S. The zero-order chi connectivity index (χ0) is 14.9. The van der Waals surface area contributed by atoms with Crippen molar-refractivity contribution in [1.29, 1.82) is 0 Å². The fourth-order valence-corrected chi connectivity index (χ4v) is 3.09. The van der Waals surface area contributed by atoms with Crippen molar-refractivity contribution in [3.8, 4) is 0 Å². The highest BCUT2D eigenvalue weighted by atomic mass is 79.9. The molecule has 1 aromatic carbocycles. The predicted molar refractivity (Wildman–Crippen MR) is 78.4 cm³/mol. The Morgan fingerprint density at radius 3 is 2.65 bits per heavy atom. The molecule has 0 spiro atoms. The molecule has 0 amide bonds. The minimum atomic E-state index is -3.62. The third kappa shape index (κ3) is 3.02. The van der Waals surface area contributed by atoms with E-state index in [0.29, 0.717) is 21.6 Å². The molecule has 0 atom stereocenters. The zero-order valence-corrected chi connectivity index (χ0v) is 13.4. The first-order valence-electron chi connectivity index (χ1n) is 5.74. The molecule has 0 unspecified atom stereocenters. The first kappa shape index (κ1) is 15.0. The van der Waals surface area contributed by atoms with E-state index < -0.39 is 10.0 Å². The summed E-state index contributed by atoms with van der Waals surface area (Å²) in [5, 5.41) is 3.78. The number of nitrogen functional groups attached to an aromatic ring is 1. The van der Waals surface area contributed by atoms with E-state index in [2.05, 4.69) is 21.1 Å². The molecule has 1 aromatic heterocycles. The van der Waals surface area contributed by atoms with Crippen molar-refractivity contribution in [2.45, 2.75) is 18.4 Å². The quantitative estimate of drug-likeness (QED) is 0.844. The molecule has 0 bridgehead atoms. The Morgan fingerprint density at radius 1 is 1.40 bits per heavy atom. The van der Waals surface area contributed by atoms with Gasteiger partial charge in [-0.25, -0.2) is 8.42 Å². The topological polar surface area (TPSA) is 89.4 Å². The van der Waals surface area contributed by atoms with E-state index >= 15 is 0 Å². The van der Waals surface area contributed by atoms with Crippen molar-refractivity contribution in [1.82, 2.24) is 9.46 Å². The normalized spacial score (nSPS) is 12.0. The number of halogens is 1. The van der Waals surface area contributed by atoms with Gasteiger partial charge in [0.05, 0.1) is 17.1 Å². The molecule has 20 heavy (non-hydrogen) atoms. The summed E-state index contributed by atoms with van der Waals surface area (Å²) in [7, 11) is -2.13. The van der Waals surface area contributed by atoms with Gasteiger partial charge >= 0.3 is 0 Å². The SMILES string of the molecule is Cc1cc(CN(C)S(=O)(=O)c2ccc(Br)c(N)c2)no1. The lowest BCUT2D eigenvalue weighted by atomic mass is 10.3. The summed E-state index contributed by atoms with van der Waals surface area (Å²) in [5.74, 6) is 0.638. The van der Waals surface area contributed by atoms with Crippen LogP contribution in [0.4, 0.5) is 5.69 Å². The Bertz CT molecular complexity index is 727. The summed E-state index contributed by atoms with van der Waals surface area (Å²) in [6.45, 7) is 1.88. The van der Waals surface area contributed by atoms with Gasteiger partial charge < -0.3 is 10.3 Å². The Hall–Kier alpha value is -1.38. The fraction of sp³-hybridized carbons (Fsp3) is 0.250. The maximum absolute atomic E-state index is 12.4. The van der Waals surface area contributed by atoms with Crippen LogP contribution in [-0.4, -0.2) is 24.9 Å². The molecule has 2 aromatic rings. The number of hydrogen-bond acceptors (Lipinski definition) is 5. The molecule has 0 saturated heterocycles. The first-order chi connectivity index (χ1) is 9.30. The van der Waals surface area contributed by atoms with Crippen LogP contribution in [0, 0.1) is 6.92 Å². The van der Waals surface area contributed by atoms with Crippen molar-refractivity contribution in [3.63, 3.8) is 0 Å². The van der Waals surface area contributed by atoms with E-state index in [-0.39, 0.29) is 11.4 Å². The van der Waals surface area contributed by atoms with Gasteiger partial charge in [0.15, 0.2) is 0 Å². The summed E-state index contributed by atoms with van der Waals surface area (Å²) >= 11 is 3.23. The summed E-state index contributed by atoms with van der Waals surface area (Å²) < 4.78 is 31.6.